The van der Waals surface area contributed by atoms with E-state index in [1.165, 1.54) is 0 Å². The van der Waals surface area contributed by atoms with Crippen LogP contribution in [0.15, 0.2) is 0 Å². The first-order valence-corrected chi connectivity index (χ1v) is 1.34. The summed E-state index contributed by atoms with van der Waals surface area (Å²) >= 11 is 8.80. The van der Waals surface area contributed by atoms with E-state index in [1.807, 2.05) is 0 Å². The van der Waals surface area contributed by atoms with Crippen LogP contribution >= 0.6 is 23.2 Å². The molecule has 0 spiro atoms. The molecule has 0 rings (SSSR count). The number of halogens is 2. The number of hydrogen-bond acceptors (Lipinski definition) is 1. The molecule has 0 heterocycles. The van der Waals surface area contributed by atoms with Crippen LogP contribution in [0.5, 0.6) is 0 Å². The van der Waals surface area contributed by atoms with Crippen molar-refractivity contribution in [1.29, 1.82) is 0 Å². The van der Waals surface area contributed by atoms with Crippen molar-refractivity contribution in [2.45, 2.75) is 0 Å². The zero-order valence-electron chi connectivity index (χ0n) is 2.02. The molecule has 0 atom stereocenters. The Morgan fingerprint density at radius 1 is 1.40 bits per heavy atom. The summed E-state index contributed by atoms with van der Waals surface area (Å²) in [5, 5.41) is 0. The molecule has 0 aromatic heterocycles. The molecule has 1 nitrogen and oxygen atoms in total. The van der Waals surface area contributed by atoms with Crippen molar-refractivity contribution in [2.24, 2.45) is 0 Å². The molecule has 0 saturated carbocycles. The molecule has 0 fully saturated rings. The number of carbonyl (C=O) groups excluding carboxylic acids is 1. The van der Waals surface area contributed by atoms with E-state index in [0.717, 1.165) is 0 Å². The minimum absolute atomic E-state index is 0. The second kappa shape index (κ2) is 4.77. The molecule has 0 bridgehead atoms. The Bertz CT molecular complexity index is 32.6. The Kier molecular flexibility index (Phi) is 8.81. The standard InChI is InChI=1S/CCl2O.Fe/c2-1(3)4;. The molecule has 0 saturated heterocycles. The SMILES string of the molecule is O=C(Cl)Cl.[Fe]. The van der Waals surface area contributed by atoms with Crippen molar-refractivity contribution in [2.75, 3.05) is 0 Å². The van der Waals surface area contributed by atoms with Gasteiger partial charge in [-0.05, 0) is 23.2 Å². The Morgan fingerprint density at radius 3 is 1.40 bits per heavy atom. The summed E-state index contributed by atoms with van der Waals surface area (Å²) in [6, 6.07) is 0. The van der Waals surface area contributed by atoms with Gasteiger partial charge in [0, 0.05) is 17.1 Å². The van der Waals surface area contributed by atoms with Gasteiger partial charge in [0.15, 0.2) is 0 Å². The fraction of sp³-hybridized carbons (Fsp3) is 0. The molecule has 0 aliphatic rings. The van der Waals surface area contributed by atoms with Crippen LogP contribution in [0.4, 0.5) is 4.79 Å². The van der Waals surface area contributed by atoms with Crippen molar-refractivity contribution in [3.05, 3.63) is 0 Å². The van der Waals surface area contributed by atoms with Crippen LogP contribution in [-0.2, 0) is 17.1 Å². The Balaban J connectivity index is 0. The molecule has 0 amide bonds. The molecule has 0 radical (unpaired) electrons. The predicted octanol–water partition coefficient (Wildman–Crippen LogP) is 1.58. The van der Waals surface area contributed by atoms with E-state index in [-0.39, 0.29) is 17.1 Å². The van der Waals surface area contributed by atoms with Gasteiger partial charge in [-0.25, -0.2) is 0 Å². The van der Waals surface area contributed by atoms with Crippen molar-refractivity contribution >= 4 is 27.9 Å². The average molecular weight is 155 g/mol. The van der Waals surface area contributed by atoms with Crippen molar-refractivity contribution < 1.29 is 21.9 Å². The molecular formula is CCl2FeO. The van der Waals surface area contributed by atoms with E-state index in [2.05, 4.69) is 23.2 Å². The average Bonchev–Trinajstić information content (AvgIpc) is 0.811. The van der Waals surface area contributed by atoms with Gasteiger partial charge in [-0.2, -0.15) is 0 Å². The van der Waals surface area contributed by atoms with Crippen LogP contribution in [-0.4, -0.2) is 4.70 Å². The van der Waals surface area contributed by atoms with E-state index in [0.29, 0.717) is 0 Å². The molecule has 0 aromatic rings. The van der Waals surface area contributed by atoms with Gasteiger partial charge in [-0.1, -0.05) is 0 Å². The second-order valence-electron chi connectivity index (χ2n) is 0.226. The molecule has 0 aliphatic carbocycles. The van der Waals surface area contributed by atoms with Crippen molar-refractivity contribution in [3.8, 4) is 0 Å². The van der Waals surface area contributed by atoms with Gasteiger partial charge in [-0.15, -0.1) is 0 Å². The molecule has 5 heavy (non-hydrogen) atoms. The minimum Gasteiger partial charge on any atom is -0.262 e. The first-order chi connectivity index (χ1) is 1.73. The first kappa shape index (κ1) is 9.24. The monoisotopic (exact) mass is 154 g/mol. The quantitative estimate of drug-likeness (QED) is 0.383. The van der Waals surface area contributed by atoms with Gasteiger partial charge in [0.2, 0.25) is 0 Å². The molecule has 32 valence electrons. The van der Waals surface area contributed by atoms with Gasteiger partial charge in [0.05, 0.1) is 0 Å². The van der Waals surface area contributed by atoms with Crippen LogP contribution in [0.25, 0.3) is 0 Å². The fourth-order valence-electron chi connectivity index (χ4n) is 0. The van der Waals surface area contributed by atoms with Crippen LogP contribution in [0.2, 0.25) is 0 Å². The van der Waals surface area contributed by atoms with Gasteiger partial charge in [0.25, 0.3) is 0 Å². The summed E-state index contributed by atoms with van der Waals surface area (Å²) in [6.45, 7) is 0. The van der Waals surface area contributed by atoms with Crippen molar-refractivity contribution in [3.63, 3.8) is 0 Å². The Morgan fingerprint density at radius 2 is 1.40 bits per heavy atom. The third-order valence-electron chi connectivity index (χ3n) is 0. The van der Waals surface area contributed by atoms with Gasteiger partial charge < -0.3 is 0 Å². The maximum Gasteiger partial charge on any atom is 0.313 e. The van der Waals surface area contributed by atoms with Crippen LogP contribution < -0.4 is 0 Å². The van der Waals surface area contributed by atoms with Crippen LogP contribution in [0.1, 0.15) is 0 Å². The molecule has 4 heteroatoms. The maximum atomic E-state index is 8.98. The predicted molar refractivity (Wildman–Crippen MR) is 17.1 cm³/mol. The summed E-state index contributed by atoms with van der Waals surface area (Å²) < 4.78 is -0.889. The minimum atomic E-state index is -0.889. The topological polar surface area (TPSA) is 17.1 Å². The van der Waals surface area contributed by atoms with E-state index >= 15 is 0 Å². The van der Waals surface area contributed by atoms with E-state index < -0.39 is 4.70 Å². The normalized spacial score (nSPS) is 5.20. The zero-order valence-corrected chi connectivity index (χ0v) is 4.63. The summed E-state index contributed by atoms with van der Waals surface area (Å²) in [6.07, 6.45) is 0. The fourth-order valence-corrected chi connectivity index (χ4v) is 0. The molecule has 0 aliphatic heterocycles. The summed E-state index contributed by atoms with van der Waals surface area (Å²) in [7, 11) is 0. The zero-order chi connectivity index (χ0) is 3.58. The van der Waals surface area contributed by atoms with Crippen LogP contribution in [0, 0.1) is 0 Å². The molecular weight excluding hydrogens is 155 g/mol. The molecule has 0 unspecified atom stereocenters. The third kappa shape index (κ3) is 61.8. The third-order valence-corrected chi connectivity index (χ3v) is 0. The Labute approximate surface area is 50.1 Å². The number of rotatable bonds is 0. The van der Waals surface area contributed by atoms with Crippen molar-refractivity contribution in [1.82, 2.24) is 0 Å². The van der Waals surface area contributed by atoms with E-state index in [1.54, 1.807) is 0 Å². The second-order valence-corrected chi connectivity index (χ2v) is 1.11. The van der Waals surface area contributed by atoms with Crippen LogP contribution in [0.3, 0.4) is 0 Å². The molecule has 0 N–H and O–H groups in total. The number of hydrogen-bond donors (Lipinski definition) is 0. The smallest absolute Gasteiger partial charge is 0.262 e. The largest absolute Gasteiger partial charge is 0.313 e. The van der Waals surface area contributed by atoms with Gasteiger partial charge >= 0.3 is 4.70 Å². The molecule has 0 aromatic carbocycles. The summed E-state index contributed by atoms with van der Waals surface area (Å²) in [4.78, 5) is 8.98. The van der Waals surface area contributed by atoms with E-state index in [4.69, 9.17) is 4.79 Å². The number of carbonyl (C=O) groups is 1. The maximum absolute atomic E-state index is 8.98. The summed E-state index contributed by atoms with van der Waals surface area (Å²) in [5.41, 5.74) is 0. The van der Waals surface area contributed by atoms with E-state index in [9.17, 15) is 0 Å². The Hall–Kier alpha value is 0.769. The van der Waals surface area contributed by atoms with Gasteiger partial charge in [0.1, 0.15) is 0 Å². The van der Waals surface area contributed by atoms with Gasteiger partial charge in [-0.3, -0.25) is 4.79 Å². The first-order valence-electron chi connectivity index (χ1n) is 0.582. The summed E-state index contributed by atoms with van der Waals surface area (Å²) in [5.74, 6) is 0.